The summed E-state index contributed by atoms with van der Waals surface area (Å²) in [5, 5.41) is 3.32. The van der Waals surface area contributed by atoms with E-state index in [-0.39, 0.29) is 0 Å². The molecule has 2 rings (SSSR count). The highest BCUT2D eigenvalue weighted by molar-refractivity contribution is 9.10. The molecule has 1 aliphatic rings. The standard InChI is InChI=1S/C11H17BrN4/c1-16-3-2-8(7-16)5-14-11-10(13)4-9(12)6-15-11/h4,6,8H,2-3,5,7,13H2,1H3,(H,14,15). The number of nitrogens with two attached hydrogens (primary N) is 1. The number of rotatable bonds is 3. The summed E-state index contributed by atoms with van der Waals surface area (Å²) in [5.74, 6) is 1.49. The maximum atomic E-state index is 5.87. The fourth-order valence-corrected chi connectivity index (χ4v) is 2.39. The zero-order chi connectivity index (χ0) is 11.5. The number of likely N-dealkylation sites (tertiary alicyclic amines) is 1. The van der Waals surface area contributed by atoms with Crippen molar-refractivity contribution in [3.8, 4) is 0 Å². The predicted octanol–water partition coefficient (Wildman–Crippen LogP) is 1.79. The first-order chi connectivity index (χ1) is 7.65. The minimum Gasteiger partial charge on any atom is -0.396 e. The van der Waals surface area contributed by atoms with Gasteiger partial charge in [0.15, 0.2) is 0 Å². The van der Waals surface area contributed by atoms with Gasteiger partial charge < -0.3 is 16.0 Å². The van der Waals surface area contributed by atoms with Crippen molar-refractivity contribution in [2.45, 2.75) is 6.42 Å². The molecule has 16 heavy (non-hydrogen) atoms. The SMILES string of the molecule is CN1CCC(CNc2ncc(Br)cc2N)C1. The number of nitrogens with one attached hydrogen (secondary N) is 1. The molecule has 1 fully saturated rings. The molecular weight excluding hydrogens is 268 g/mol. The van der Waals surface area contributed by atoms with Gasteiger partial charge in [-0.25, -0.2) is 4.98 Å². The smallest absolute Gasteiger partial charge is 0.149 e. The van der Waals surface area contributed by atoms with Gasteiger partial charge in [-0.05, 0) is 47.9 Å². The van der Waals surface area contributed by atoms with Crippen molar-refractivity contribution in [3.63, 3.8) is 0 Å². The van der Waals surface area contributed by atoms with E-state index in [0.29, 0.717) is 11.6 Å². The van der Waals surface area contributed by atoms with E-state index < -0.39 is 0 Å². The van der Waals surface area contributed by atoms with Crippen LogP contribution in [-0.2, 0) is 0 Å². The maximum Gasteiger partial charge on any atom is 0.149 e. The van der Waals surface area contributed by atoms with Crippen LogP contribution in [0.3, 0.4) is 0 Å². The van der Waals surface area contributed by atoms with Gasteiger partial charge in [0, 0.05) is 23.8 Å². The molecule has 0 aromatic carbocycles. The second-order valence-electron chi connectivity index (χ2n) is 4.39. The van der Waals surface area contributed by atoms with Gasteiger partial charge in [0.05, 0.1) is 5.69 Å². The van der Waals surface area contributed by atoms with E-state index in [2.05, 4.69) is 38.2 Å². The number of hydrogen-bond donors (Lipinski definition) is 2. The summed E-state index contributed by atoms with van der Waals surface area (Å²) in [4.78, 5) is 6.61. The number of hydrogen-bond acceptors (Lipinski definition) is 4. The average molecular weight is 285 g/mol. The zero-order valence-electron chi connectivity index (χ0n) is 9.41. The molecule has 0 amide bonds. The molecule has 1 atom stereocenters. The van der Waals surface area contributed by atoms with Gasteiger partial charge in [-0.3, -0.25) is 0 Å². The third-order valence-electron chi connectivity index (χ3n) is 2.93. The van der Waals surface area contributed by atoms with E-state index >= 15 is 0 Å². The molecule has 88 valence electrons. The highest BCUT2D eigenvalue weighted by Gasteiger charge is 2.19. The van der Waals surface area contributed by atoms with Gasteiger partial charge in [0.1, 0.15) is 5.82 Å². The van der Waals surface area contributed by atoms with Gasteiger partial charge >= 0.3 is 0 Å². The van der Waals surface area contributed by atoms with Crippen LogP contribution in [0, 0.1) is 5.92 Å². The summed E-state index contributed by atoms with van der Waals surface area (Å²) in [5.41, 5.74) is 6.56. The normalized spacial score (nSPS) is 21.2. The summed E-state index contributed by atoms with van der Waals surface area (Å²) in [6, 6.07) is 1.87. The Balaban J connectivity index is 1.89. The first-order valence-electron chi connectivity index (χ1n) is 5.48. The van der Waals surface area contributed by atoms with Crippen molar-refractivity contribution >= 4 is 27.4 Å². The Kier molecular flexibility index (Phi) is 3.66. The monoisotopic (exact) mass is 284 g/mol. The van der Waals surface area contributed by atoms with Gasteiger partial charge in [0.2, 0.25) is 0 Å². The van der Waals surface area contributed by atoms with Crippen molar-refractivity contribution in [3.05, 3.63) is 16.7 Å². The van der Waals surface area contributed by atoms with E-state index in [1.54, 1.807) is 6.20 Å². The van der Waals surface area contributed by atoms with Crippen LogP contribution >= 0.6 is 15.9 Å². The Morgan fingerprint density at radius 3 is 3.12 bits per heavy atom. The Labute approximate surface area is 104 Å². The Morgan fingerprint density at radius 1 is 1.69 bits per heavy atom. The van der Waals surface area contributed by atoms with Crippen LogP contribution < -0.4 is 11.1 Å². The predicted molar refractivity (Wildman–Crippen MR) is 70.4 cm³/mol. The number of nitrogen functional groups attached to an aromatic ring is 1. The molecule has 0 radical (unpaired) electrons. The van der Waals surface area contributed by atoms with Gasteiger partial charge in [-0.2, -0.15) is 0 Å². The van der Waals surface area contributed by atoms with Crippen LogP contribution in [0.1, 0.15) is 6.42 Å². The van der Waals surface area contributed by atoms with Crippen molar-refractivity contribution in [1.82, 2.24) is 9.88 Å². The maximum absolute atomic E-state index is 5.87. The zero-order valence-corrected chi connectivity index (χ0v) is 11.0. The van der Waals surface area contributed by atoms with Crippen LogP contribution in [-0.4, -0.2) is 36.6 Å². The van der Waals surface area contributed by atoms with Crippen LogP contribution in [0.15, 0.2) is 16.7 Å². The summed E-state index contributed by atoms with van der Waals surface area (Å²) >= 11 is 3.34. The van der Waals surface area contributed by atoms with Gasteiger partial charge in [-0.1, -0.05) is 0 Å². The van der Waals surface area contributed by atoms with Gasteiger partial charge in [0.25, 0.3) is 0 Å². The molecule has 1 aliphatic heterocycles. The molecule has 0 aliphatic carbocycles. The number of halogens is 1. The van der Waals surface area contributed by atoms with Crippen LogP contribution in [0.2, 0.25) is 0 Å². The molecule has 1 aromatic rings. The van der Waals surface area contributed by atoms with Crippen LogP contribution in [0.25, 0.3) is 0 Å². The van der Waals surface area contributed by atoms with Crippen molar-refractivity contribution < 1.29 is 0 Å². The molecule has 4 nitrogen and oxygen atoms in total. The lowest BCUT2D eigenvalue weighted by Crippen LogP contribution is -2.19. The summed E-state index contributed by atoms with van der Waals surface area (Å²) in [6.45, 7) is 3.29. The van der Waals surface area contributed by atoms with Crippen molar-refractivity contribution in [1.29, 1.82) is 0 Å². The van der Waals surface area contributed by atoms with Crippen molar-refractivity contribution in [2.75, 3.05) is 37.7 Å². The van der Waals surface area contributed by atoms with E-state index in [1.807, 2.05) is 6.07 Å². The molecule has 1 saturated heterocycles. The molecule has 3 N–H and O–H groups in total. The summed E-state index contributed by atoms with van der Waals surface area (Å²) in [6.07, 6.45) is 3.01. The molecule has 0 saturated carbocycles. The second kappa shape index (κ2) is 5.01. The lowest BCUT2D eigenvalue weighted by Gasteiger charge is -2.13. The van der Waals surface area contributed by atoms with E-state index in [4.69, 9.17) is 5.73 Å². The summed E-state index contributed by atoms with van der Waals surface area (Å²) in [7, 11) is 2.16. The third kappa shape index (κ3) is 2.86. The minimum absolute atomic E-state index is 0.695. The molecular formula is C11H17BrN4. The minimum atomic E-state index is 0.695. The van der Waals surface area contributed by atoms with E-state index in [0.717, 1.165) is 23.4 Å². The Morgan fingerprint density at radius 2 is 2.50 bits per heavy atom. The molecule has 1 unspecified atom stereocenters. The van der Waals surface area contributed by atoms with E-state index in [1.165, 1.54) is 13.0 Å². The lowest BCUT2D eigenvalue weighted by molar-refractivity contribution is 0.399. The molecule has 1 aromatic heterocycles. The fraction of sp³-hybridized carbons (Fsp3) is 0.545. The fourth-order valence-electron chi connectivity index (χ4n) is 2.04. The lowest BCUT2D eigenvalue weighted by atomic mass is 10.1. The molecule has 0 bridgehead atoms. The second-order valence-corrected chi connectivity index (χ2v) is 5.30. The molecule has 2 heterocycles. The number of pyridine rings is 1. The number of anilines is 2. The van der Waals surface area contributed by atoms with Gasteiger partial charge in [-0.15, -0.1) is 0 Å². The first kappa shape index (κ1) is 11.7. The average Bonchev–Trinajstić information content (AvgIpc) is 2.63. The Bertz CT molecular complexity index is 369. The van der Waals surface area contributed by atoms with Crippen molar-refractivity contribution in [2.24, 2.45) is 5.92 Å². The van der Waals surface area contributed by atoms with Crippen LogP contribution in [0.5, 0.6) is 0 Å². The quantitative estimate of drug-likeness (QED) is 0.889. The van der Waals surface area contributed by atoms with E-state index in [9.17, 15) is 0 Å². The summed E-state index contributed by atoms with van der Waals surface area (Å²) < 4.78 is 0.913. The molecule has 5 heteroatoms. The number of aromatic nitrogens is 1. The number of nitrogens with zero attached hydrogens (tertiary/aromatic N) is 2. The Hall–Kier alpha value is -0.810. The van der Waals surface area contributed by atoms with Crippen LogP contribution in [0.4, 0.5) is 11.5 Å². The largest absolute Gasteiger partial charge is 0.396 e. The highest BCUT2D eigenvalue weighted by atomic mass is 79.9. The third-order valence-corrected chi connectivity index (χ3v) is 3.36. The molecule has 0 spiro atoms. The highest BCUT2D eigenvalue weighted by Crippen LogP contribution is 2.21. The first-order valence-corrected chi connectivity index (χ1v) is 6.28. The topological polar surface area (TPSA) is 54.2 Å².